The molecule has 3 nitrogen and oxygen atoms in total. The SMILES string of the molecule is CN1CCC(C(=O)O)C2(CCCCC2)C1. The van der Waals surface area contributed by atoms with Crippen LogP contribution in [0.4, 0.5) is 0 Å². The van der Waals surface area contributed by atoms with Gasteiger partial charge in [-0.25, -0.2) is 0 Å². The predicted octanol–water partition coefficient (Wildman–Crippen LogP) is 1.97. The minimum atomic E-state index is -0.565. The van der Waals surface area contributed by atoms with Gasteiger partial charge in [0.05, 0.1) is 5.92 Å². The molecule has 1 aliphatic carbocycles. The number of likely N-dealkylation sites (tertiary alicyclic amines) is 1. The van der Waals surface area contributed by atoms with Crippen molar-refractivity contribution in [2.75, 3.05) is 20.1 Å². The molecule has 1 unspecified atom stereocenters. The van der Waals surface area contributed by atoms with E-state index in [0.29, 0.717) is 0 Å². The van der Waals surface area contributed by atoms with E-state index in [4.69, 9.17) is 0 Å². The standard InChI is InChI=1S/C12H21NO2/c1-13-8-5-10(11(14)15)12(9-13)6-3-2-4-7-12/h10H,2-9H2,1H3,(H,14,15). The summed E-state index contributed by atoms with van der Waals surface area (Å²) in [6, 6.07) is 0. The molecule has 0 amide bonds. The Morgan fingerprint density at radius 3 is 2.60 bits per heavy atom. The fraction of sp³-hybridized carbons (Fsp3) is 0.917. The molecule has 1 saturated carbocycles. The van der Waals surface area contributed by atoms with Crippen LogP contribution in [0.2, 0.25) is 0 Å². The first-order valence-electron chi connectivity index (χ1n) is 6.05. The molecular formula is C12H21NO2. The van der Waals surface area contributed by atoms with Crippen LogP contribution in [0.15, 0.2) is 0 Å². The smallest absolute Gasteiger partial charge is 0.307 e. The lowest BCUT2D eigenvalue weighted by atomic mass is 9.63. The molecule has 1 saturated heterocycles. The van der Waals surface area contributed by atoms with Crippen molar-refractivity contribution < 1.29 is 9.90 Å². The van der Waals surface area contributed by atoms with Crippen LogP contribution in [0.5, 0.6) is 0 Å². The van der Waals surface area contributed by atoms with Crippen molar-refractivity contribution in [3.8, 4) is 0 Å². The summed E-state index contributed by atoms with van der Waals surface area (Å²) in [7, 11) is 2.12. The normalized spacial score (nSPS) is 31.7. The van der Waals surface area contributed by atoms with Gasteiger partial charge in [-0.05, 0) is 38.3 Å². The van der Waals surface area contributed by atoms with E-state index in [-0.39, 0.29) is 11.3 Å². The Bertz CT molecular complexity index is 246. The Morgan fingerprint density at radius 2 is 2.00 bits per heavy atom. The summed E-state index contributed by atoms with van der Waals surface area (Å²) >= 11 is 0. The monoisotopic (exact) mass is 211 g/mol. The summed E-state index contributed by atoms with van der Waals surface area (Å²) < 4.78 is 0. The van der Waals surface area contributed by atoms with Crippen LogP contribution in [0, 0.1) is 11.3 Å². The van der Waals surface area contributed by atoms with Crippen molar-refractivity contribution in [3.63, 3.8) is 0 Å². The zero-order valence-corrected chi connectivity index (χ0v) is 9.54. The van der Waals surface area contributed by atoms with Crippen LogP contribution in [0.25, 0.3) is 0 Å². The van der Waals surface area contributed by atoms with Crippen LogP contribution >= 0.6 is 0 Å². The Labute approximate surface area is 91.5 Å². The Balaban J connectivity index is 2.17. The number of carboxylic acids is 1. The second-order valence-corrected chi connectivity index (χ2v) is 5.34. The third-order valence-corrected chi connectivity index (χ3v) is 4.27. The largest absolute Gasteiger partial charge is 0.481 e. The van der Waals surface area contributed by atoms with Crippen LogP contribution < -0.4 is 0 Å². The van der Waals surface area contributed by atoms with Gasteiger partial charge in [-0.3, -0.25) is 4.79 Å². The maximum absolute atomic E-state index is 11.3. The fourth-order valence-corrected chi connectivity index (χ4v) is 3.53. The van der Waals surface area contributed by atoms with E-state index in [2.05, 4.69) is 11.9 Å². The molecule has 1 atom stereocenters. The first kappa shape index (κ1) is 10.9. The van der Waals surface area contributed by atoms with Crippen molar-refractivity contribution >= 4 is 5.97 Å². The third kappa shape index (κ3) is 2.03. The number of piperidine rings is 1. The summed E-state index contributed by atoms with van der Waals surface area (Å²) in [5.74, 6) is -0.654. The van der Waals surface area contributed by atoms with Gasteiger partial charge >= 0.3 is 5.97 Å². The highest BCUT2D eigenvalue weighted by Gasteiger charge is 2.46. The molecule has 0 aromatic rings. The maximum Gasteiger partial charge on any atom is 0.307 e. The van der Waals surface area contributed by atoms with Gasteiger partial charge in [0.15, 0.2) is 0 Å². The average molecular weight is 211 g/mol. The summed E-state index contributed by atoms with van der Waals surface area (Å²) in [6.07, 6.45) is 6.81. The van der Waals surface area contributed by atoms with E-state index < -0.39 is 5.97 Å². The van der Waals surface area contributed by atoms with E-state index in [1.54, 1.807) is 0 Å². The minimum absolute atomic E-state index is 0.0889. The molecule has 15 heavy (non-hydrogen) atoms. The molecule has 1 N–H and O–H groups in total. The van der Waals surface area contributed by atoms with Gasteiger partial charge < -0.3 is 10.0 Å². The number of aliphatic carboxylic acids is 1. The van der Waals surface area contributed by atoms with Crippen LogP contribution in [-0.4, -0.2) is 36.1 Å². The molecule has 2 rings (SSSR count). The molecule has 0 aromatic heterocycles. The van der Waals surface area contributed by atoms with E-state index >= 15 is 0 Å². The number of hydrogen-bond acceptors (Lipinski definition) is 2. The maximum atomic E-state index is 11.3. The van der Waals surface area contributed by atoms with E-state index in [1.165, 1.54) is 19.3 Å². The summed E-state index contributed by atoms with van der Waals surface area (Å²) in [6.45, 7) is 1.93. The van der Waals surface area contributed by atoms with Gasteiger partial charge in [0, 0.05) is 6.54 Å². The molecule has 86 valence electrons. The van der Waals surface area contributed by atoms with Crippen molar-refractivity contribution in [1.29, 1.82) is 0 Å². The van der Waals surface area contributed by atoms with Gasteiger partial charge in [-0.15, -0.1) is 0 Å². The third-order valence-electron chi connectivity index (χ3n) is 4.27. The summed E-state index contributed by atoms with van der Waals surface area (Å²) in [4.78, 5) is 13.6. The molecule has 0 aromatic carbocycles. The second kappa shape index (κ2) is 4.12. The topological polar surface area (TPSA) is 40.5 Å². The number of nitrogens with zero attached hydrogens (tertiary/aromatic N) is 1. The molecule has 3 heteroatoms. The summed E-state index contributed by atoms with van der Waals surface area (Å²) in [5.41, 5.74) is 0.0943. The van der Waals surface area contributed by atoms with Gasteiger partial charge in [0.25, 0.3) is 0 Å². The molecule has 1 aliphatic heterocycles. The highest BCUT2D eigenvalue weighted by molar-refractivity contribution is 5.71. The van der Waals surface area contributed by atoms with E-state index in [0.717, 1.165) is 32.4 Å². The number of hydrogen-bond donors (Lipinski definition) is 1. The van der Waals surface area contributed by atoms with Gasteiger partial charge in [-0.1, -0.05) is 19.3 Å². The molecule has 1 spiro atoms. The Kier molecular flexibility index (Phi) is 3.01. The van der Waals surface area contributed by atoms with Crippen LogP contribution in [0.3, 0.4) is 0 Å². The average Bonchev–Trinajstić information content (AvgIpc) is 2.18. The highest BCUT2D eigenvalue weighted by Crippen LogP contribution is 2.46. The first-order chi connectivity index (χ1) is 7.14. The fourth-order valence-electron chi connectivity index (χ4n) is 3.53. The molecule has 2 aliphatic rings. The zero-order chi connectivity index (χ0) is 10.9. The van der Waals surface area contributed by atoms with Crippen molar-refractivity contribution in [3.05, 3.63) is 0 Å². The van der Waals surface area contributed by atoms with Gasteiger partial charge in [-0.2, -0.15) is 0 Å². The summed E-state index contributed by atoms with van der Waals surface area (Å²) in [5, 5.41) is 9.32. The van der Waals surface area contributed by atoms with E-state index in [9.17, 15) is 9.90 Å². The van der Waals surface area contributed by atoms with Crippen LogP contribution in [-0.2, 0) is 4.79 Å². The number of rotatable bonds is 1. The first-order valence-corrected chi connectivity index (χ1v) is 6.05. The molecule has 0 radical (unpaired) electrons. The minimum Gasteiger partial charge on any atom is -0.481 e. The molecule has 0 bridgehead atoms. The Morgan fingerprint density at radius 1 is 1.33 bits per heavy atom. The van der Waals surface area contributed by atoms with Gasteiger partial charge in [0.2, 0.25) is 0 Å². The second-order valence-electron chi connectivity index (χ2n) is 5.34. The number of carboxylic acid groups (broad SMARTS) is 1. The Hall–Kier alpha value is -0.570. The lowest BCUT2D eigenvalue weighted by Crippen LogP contribution is -2.50. The van der Waals surface area contributed by atoms with Crippen LogP contribution in [0.1, 0.15) is 38.5 Å². The quantitative estimate of drug-likeness (QED) is 0.721. The van der Waals surface area contributed by atoms with Gasteiger partial charge in [0.1, 0.15) is 0 Å². The van der Waals surface area contributed by atoms with Crippen molar-refractivity contribution in [2.24, 2.45) is 11.3 Å². The molecule has 2 fully saturated rings. The number of carbonyl (C=O) groups is 1. The van der Waals surface area contributed by atoms with Crippen molar-refractivity contribution in [1.82, 2.24) is 4.90 Å². The van der Waals surface area contributed by atoms with Crippen molar-refractivity contribution in [2.45, 2.75) is 38.5 Å². The zero-order valence-electron chi connectivity index (χ0n) is 9.54. The molecule has 1 heterocycles. The lowest BCUT2D eigenvalue weighted by Gasteiger charge is -2.48. The highest BCUT2D eigenvalue weighted by atomic mass is 16.4. The lowest BCUT2D eigenvalue weighted by molar-refractivity contribution is -0.152. The predicted molar refractivity (Wildman–Crippen MR) is 58.8 cm³/mol. The molecular weight excluding hydrogens is 190 g/mol. The van der Waals surface area contributed by atoms with E-state index in [1.807, 2.05) is 0 Å².